The fourth-order valence-electron chi connectivity index (χ4n) is 3.08. The molecule has 0 spiro atoms. The molecule has 14 heavy (non-hydrogen) atoms. The van der Waals surface area contributed by atoms with Crippen molar-refractivity contribution >= 4 is 0 Å². The van der Waals surface area contributed by atoms with Gasteiger partial charge in [-0.05, 0) is 25.7 Å². The van der Waals surface area contributed by atoms with Crippen LogP contribution >= 0.6 is 0 Å². The summed E-state index contributed by atoms with van der Waals surface area (Å²) in [5.74, 6) is 0.783. The highest BCUT2D eigenvalue weighted by atomic mass is 16.5. The first-order valence-corrected chi connectivity index (χ1v) is 6.02. The van der Waals surface area contributed by atoms with Gasteiger partial charge in [0.25, 0.3) is 0 Å². The molecule has 2 aliphatic rings. The van der Waals surface area contributed by atoms with Gasteiger partial charge in [-0.25, -0.2) is 0 Å². The Bertz CT molecular complexity index is 187. The lowest BCUT2D eigenvalue weighted by Gasteiger charge is -2.37. The van der Waals surface area contributed by atoms with E-state index in [0.717, 1.165) is 31.8 Å². The van der Waals surface area contributed by atoms with Crippen LogP contribution < -0.4 is 0 Å². The fraction of sp³-hybridized carbons (Fsp3) is 1.00. The topological polar surface area (TPSA) is 29.5 Å². The third-order valence-corrected chi connectivity index (χ3v) is 3.78. The van der Waals surface area contributed by atoms with Crippen molar-refractivity contribution in [2.45, 2.75) is 63.6 Å². The van der Waals surface area contributed by atoms with E-state index in [0.29, 0.717) is 0 Å². The summed E-state index contributed by atoms with van der Waals surface area (Å²) in [5, 5.41) is 10.4. The van der Waals surface area contributed by atoms with E-state index in [4.69, 9.17) is 4.74 Å². The molecule has 2 nitrogen and oxygen atoms in total. The van der Waals surface area contributed by atoms with Gasteiger partial charge < -0.3 is 9.84 Å². The second-order valence-corrected chi connectivity index (χ2v) is 5.21. The molecule has 1 aliphatic heterocycles. The molecule has 1 aliphatic carbocycles. The van der Waals surface area contributed by atoms with Crippen molar-refractivity contribution in [1.29, 1.82) is 0 Å². The predicted molar refractivity (Wildman–Crippen MR) is 56.2 cm³/mol. The van der Waals surface area contributed by atoms with E-state index in [-0.39, 0.29) is 6.10 Å². The third-order valence-electron chi connectivity index (χ3n) is 3.78. The SMILES string of the molecule is CC1CC(O)(CC2CCCC2)CCO1. The number of hydrogen-bond acceptors (Lipinski definition) is 2. The molecule has 1 heterocycles. The van der Waals surface area contributed by atoms with E-state index >= 15 is 0 Å². The zero-order valence-corrected chi connectivity index (χ0v) is 9.17. The molecule has 2 heteroatoms. The standard InChI is InChI=1S/C12H22O2/c1-10-8-12(13,6-7-14-10)9-11-4-2-3-5-11/h10-11,13H,2-9H2,1H3. The Morgan fingerprint density at radius 1 is 1.36 bits per heavy atom. The van der Waals surface area contributed by atoms with Gasteiger partial charge in [-0.15, -0.1) is 0 Å². The van der Waals surface area contributed by atoms with Crippen LogP contribution in [0.25, 0.3) is 0 Å². The highest BCUT2D eigenvalue weighted by Gasteiger charge is 2.35. The van der Waals surface area contributed by atoms with Crippen molar-refractivity contribution in [3.63, 3.8) is 0 Å². The fourth-order valence-corrected chi connectivity index (χ4v) is 3.08. The van der Waals surface area contributed by atoms with Crippen molar-refractivity contribution in [2.24, 2.45) is 5.92 Å². The zero-order chi connectivity index (χ0) is 10.0. The lowest BCUT2D eigenvalue weighted by atomic mass is 9.82. The molecular formula is C12H22O2. The lowest BCUT2D eigenvalue weighted by molar-refractivity contribution is -0.107. The quantitative estimate of drug-likeness (QED) is 0.738. The molecule has 2 unspecified atom stereocenters. The minimum absolute atomic E-state index is 0.246. The van der Waals surface area contributed by atoms with Gasteiger partial charge in [0.2, 0.25) is 0 Å². The summed E-state index contributed by atoms with van der Waals surface area (Å²) in [7, 11) is 0. The van der Waals surface area contributed by atoms with E-state index < -0.39 is 5.60 Å². The minimum Gasteiger partial charge on any atom is -0.390 e. The van der Waals surface area contributed by atoms with Gasteiger partial charge in [0.05, 0.1) is 11.7 Å². The van der Waals surface area contributed by atoms with Gasteiger partial charge >= 0.3 is 0 Å². The molecule has 0 aromatic carbocycles. The van der Waals surface area contributed by atoms with E-state index in [1.54, 1.807) is 0 Å². The molecule has 0 radical (unpaired) electrons. The summed E-state index contributed by atoms with van der Waals surface area (Å²) >= 11 is 0. The van der Waals surface area contributed by atoms with E-state index in [9.17, 15) is 5.11 Å². The molecule has 0 bridgehead atoms. The molecule has 0 aromatic heterocycles. The van der Waals surface area contributed by atoms with Crippen LogP contribution in [0, 0.1) is 5.92 Å². The lowest BCUT2D eigenvalue weighted by Crippen LogP contribution is -2.41. The molecule has 1 saturated heterocycles. The smallest absolute Gasteiger partial charge is 0.0696 e. The van der Waals surface area contributed by atoms with Gasteiger partial charge in [0.1, 0.15) is 0 Å². The van der Waals surface area contributed by atoms with Crippen molar-refractivity contribution in [2.75, 3.05) is 6.61 Å². The predicted octanol–water partition coefficient (Wildman–Crippen LogP) is 2.50. The molecule has 1 N–H and O–H groups in total. The monoisotopic (exact) mass is 198 g/mol. The van der Waals surface area contributed by atoms with Crippen LogP contribution in [0.15, 0.2) is 0 Å². The highest BCUT2D eigenvalue weighted by Crippen LogP contribution is 2.37. The first kappa shape index (κ1) is 10.4. The number of aliphatic hydroxyl groups is 1. The van der Waals surface area contributed by atoms with E-state index in [2.05, 4.69) is 6.92 Å². The van der Waals surface area contributed by atoms with Gasteiger partial charge in [-0.1, -0.05) is 25.7 Å². The molecule has 0 amide bonds. The Hall–Kier alpha value is -0.0800. The molecule has 1 saturated carbocycles. The van der Waals surface area contributed by atoms with Crippen molar-refractivity contribution < 1.29 is 9.84 Å². The van der Waals surface area contributed by atoms with Crippen molar-refractivity contribution in [3.8, 4) is 0 Å². The average Bonchev–Trinajstić information content (AvgIpc) is 2.55. The molecule has 0 aromatic rings. The van der Waals surface area contributed by atoms with Gasteiger partial charge in [-0.3, -0.25) is 0 Å². The maximum Gasteiger partial charge on any atom is 0.0696 e. The number of hydrogen-bond donors (Lipinski definition) is 1. The summed E-state index contributed by atoms with van der Waals surface area (Å²) < 4.78 is 5.48. The Morgan fingerprint density at radius 3 is 2.71 bits per heavy atom. The first-order chi connectivity index (χ1) is 6.68. The van der Waals surface area contributed by atoms with E-state index in [1.165, 1.54) is 25.7 Å². The second kappa shape index (κ2) is 4.19. The summed E-state index contributed by atoms with van der Waals surface area (Å²) in [4.78, 5) is 0. The molecule has 82 valence electrons. The first-order valence-electron chi connectivity index (χ1n) is 6.02. The summed E-state index contributed by atoms with van der Waals surface area (Å²) in [5.41, 5.74) is -0.410. The Labute approximate surface area is 86.6 Å². The van der Waals surface area contributed by atoms with Gasteiger partial charge in [-0.2, -0.15) is 0 Å². The van der Waals surface area contributed by atoms with Gasteiger partial charge in [0, 0.05) is 13.0 Å². The van der Waals surface area contributed by atoms with E-state index in [1.807, 2.05) is 0 Å². The van der Waals surface area contributed by atoms with Gasteiger partial charge in [0.15, 0.2) is 0 Å². The zero-order valence-electron chi connectivity index (χ0n) is 9.17. The number of ether oxygens (including phenoxy) is 1. The number of rotatable bonds is 2. The van der Waals surface area contributed by atoms with Crippen LogP contribution in [0.3, 0.4) is 0 Å². The van der Waals surface area contributed by atoms with Crippen LogP contribution in [0.5, 0.6) is 0 Å². The van der Waals surface area contributed by atoms with Crippen LogP contribution in [0.2, 0.25) is 0 Å². The van der Waals surface area contributed by atoms with Crippen LogP contribution in [0.4, 0.5) is 0 Å². The maximum atomic E-state index is 10.4. The molecule has 2 atom stereocenters. The Morgan fingerprint density at radius 2 is 2.07 bits per heavy atom. The second-order valence-electron chi connectivity index (χ2n) is 5.21. The summed E-state index contributed by atoms with van der Waals surface area (Å²) in [6.45, 7) is 2.81. The molecule has 2 rings (SSSR count). The van der Waals surface area contributed by atoms with Crippen LogP contribution in [-0.2, 0) is 4.74 Å². The summed E-state index contributed by atoms with van der Waals surface area (Å²) in [6.07, 6.45) is 8.34. The largest absolute Gasteiger partial charge is 0.390 e. The van der Waals surface area contributed by atoms with Crippen LogP contribution in [-0.4, -0.2) is 23.4 Å². The normalized spacial score (nSPS) is 40.3. The summed E-state index contributed by atoms with van der Waals surface area (Å²) in [6, 6.07) is 0. The Kier molecular flexibility index (Phi) is 3.13. The van der Waals surface area contributed by atoms with Crippen molar-refractivity contribution in [1.82, 2.24) is 0 Å². The minimum atomic E-state index is -0.410. The average molecular weight is 198 g/mol. The third kappa shape index (κ3) is 2.48. The maximum absolute atomic E-state index is 10.4. The molecular weight excluding hydrogens is 176 g/mol. The highest BCUT2D eigenvalue weighted by molar-refractivity contribution is 4.87. The van der Waals surface area contributed by atoms with Crippen molar-refractivity contribution in [3.05, 3.63) is 0 Å². The Balaban J connectivity index is 1.87. The molecule has 2 fully saturated rings. The van der Waals surface area contributed by atoms with Crippen LogP contribution in [0.1, 0.15) is 51.9 Å².